The van der Waals surface area contributed by atoms with Gasteiger partial charge >= 0.3 is 0 Å². The molecule has 2 N–H and O–H groups in total. The van der Waals surface area contributed by atoms with Crippen molar-refractivity contribution in [3.8, 4) is 0 Å². The van der Waals surface area contributed by atoms with Crippen LogP contribution in [0.3, 0.4) is 0 Å². The zero-order valence-electron chi connectivity index (χ0n) is 8.76. The van der Waals surface area contributed by atoms with Crippen LogP contribution >= 0.6 is 0 Å². The van der Waals surface area contributed by atoms with E-state index in [-0.39, 0.29) is 0 Å². The summed E-state index contributed by atoms with van der Waals surface area (Å²) in [7, 11) is 0. The predicted molar refractivity (Wildman–Crippen MR) is 54.8 cm³/mol. The van der Waals surface area contributed by atoms with Gasteiger partial charge in [0.15, 0.2) is 0 Å². The molecule has 0 radical (unpaired) electrons. The van der Waals surface area contributed by atoms with E-state index in [4.69, 9.17) is 15.2 Å². The summed E-state index contributed by atoms with van der Waals surface area (Å²) in [4.78, 5) is 0. The normalized spacial score (nSPS) is 10.6. The highest BCUT2D eigenvalue weighted by Gasteiger charge is 1.90. The van der Waals surface area contributed by atoms with Crippen molar-refractivity contribution in [3.05, 3.63) is 0 Å². The first-order valence-corrected chi connectivity index (χ1v) is 5.27. The summed E-state index contributed by atoms with van der Waals surface area (Å²) in [5, 5.41) is 0. The van der Waals surface area contributed by atoms with Gasteiger partial charge in [0, 0.05) is 26.4 Å². The third kappa shape index (κ3) is 11.9. The molecule has 0 saturated heterocycles. The molecule has 0 rings (SSSR count). The lowest BCUT2D eigenvalue weighted by Crippen LogP contribution is -2.04. The molecule has 0 bridgehead atoms. The van der Waals surface area contributed by atoms with Crippen LogP contribution in [0.4, 0.5) is 0 Å². The molecule has 0 unspecified atom stereocenters. The molecule has 0 aliphatic carbocycles. The minimum absolute atomic E-state index is 0.767. The van der Waals surface area contributed by atoms with Crippen LogP contribution in [0.15, 0.2) is 0 Å². The van der Waals surface area contributed by atoms with Gasteiger partial charge < -0.3 is 15.2 Å². The largest absolute Gasteiger partial charge is 0.381 e. The fourth-order valence-corrected chi connectivity index (χ4v) is 0.960. The Morgan fingerprint density at radius 1 is 0.846 bits per heavy atom. The van der Waals surface area contributed by atoms with Crippen LogP contribution in [0.1, 0.15) is 32.6 Å². The monoisotopic (exact) mass is 189 g/mol. The maximum atomic E-state index is 5.38. The molecule has 13 heavy (non-hydrogen) atoms. The smallest absolute Gasteiger partial charge is 0.0487 e. The Morgan fingerprint density at radius 2 is 1.46 bits per heavy atom. The number of hydrogen-bond donors (Lipinski definition) is 1. The highest BCUT2D eigenvalue weighted by molar-refractivity contribution is 4.40. The summed E-state index contributed by atoms with van der Waals surface area (Å²) >= 11 is 0. The lowest BCUT2D eigenvalue weighted by Gasteiger charge is -2.04. The molecule has 0 heterocycles. The Bertz CT molecular complexity index is 79.0. The second-order valence-corrected chi connectivity index (χ2v) is 3.07. The molecule has 0 aliphatic heterocycles. The number of hydrogen-bond acceptors (Lipinski definition) is 3. The quantitative estimate of drug-likeness (QED) is 0.530. The van der Waals surface area contributed by atoms with E-state index in [1.54, 1.807) is 0 Å². The third-order valence-corrected chi connectivity index (χ3v) is 1.67. The van der Waals surface area contributed by atoms with Gasteiger partial charge in [0.2, 0.25) is 0 Å². The Kier molecular flexibility index (Phi) is 11.8. The zero-order chi connectivity index (χ0) is 9.78. The number of rotatable bonds is 10. The van der Waals surface area contributed by atoms with Gasteiger partial charge in [0.05, 0.1) is 0 Å². The van der Waals surface area contributed by atoms with E-state index in [1.807, 2.05) is 0 Å². The van der Waals surface area contributed by atoms with E-state index in [1.165, 1.54) is 0 Å². The fraction of sp³-hybridized carbons (Fsp3) is 1.00. The average Bonchev–Trinajstić information content (AvgIpc) is 2.16. The maximum absolute atomic E-state index is 5.38. The maximum Gasteiger partial charge on any atom is 0.0487 e. The molecule has 0 aliphatic rings. The summed E-state index contributed by atoms with van der Waals surface area (Å²) in [5.41, 5.74) is 5.35. The van der Waals surface area contributed by atoms with Gasteiger partial charge in [-0.05, 0) is 32.2 Å². The lowest BCUT2D eigenvalue weighted by atomic mass is 10.3. The van der Waals surface area contributed by atoms with Gasteiger partial charge in [-0.25, -0.2) is 0 Å². The Balaban J connectivity index is 2.76. The molecule has 3 nitrogen and oxygen atoms in total. The topological polar surface area (TPSA) is 44.5 Å². The van der Waals surface area contributed by atoms with Crippen LogP contribution in [0.5, 0.6) is 0 Å². The van der Waals surface area contributed by atoms with Crippen molar-refractivity contribution in [2.45, 2.75) is 32.6 Å². The third-order valence-electron chi connectivity index (χ3n) is 1.67. The van der Waals surface area contributed by atoms with Gasteiger partial charge in [0.25, 0.3) is 0 Å². The van der Waals surface area contributed by atoms with Gasteiger partial charge in [-0.15, -0.1) is 0 Å². The van der Waals surface area contributed by atoms with Crippen molar-refractivity contribution < 1.29 is 9.47 Å². The van der Waals surface area contributed by atoms with Crippen molar-refractivity contribution in [2.24, 2.45) is 5.73 Å². The molecule has 0 amide bonds. The van der Waals surface area contributed by atoms with Gasteiger partial charge in [0.1, 0.15) is 0 Å². The summed E-state index contributed by atoms with van der Waals surface area (Å²) < 4.78 is 10.7. The number of unbranched alkanes of at least 4 members (excludes halogenated alkanes) is 1. The van der Waals surface area contributed by atoms with E-state index in [0.717, 1.165) is 58.7 Å². The van der Waals surface area contributed by atoms with Crippen molar-refractivity contribution >= 4 is 0 Å². The molecule has 0 fully saturated rings. The number of ether oxygens (including phenoxy) is 2. The molecule has 0 aromatic heterocycles. The molecule has 3 heteroatoms. The van der Waals surface area contributed by atoms with Gasteiger partial charge in [-0.2, -0.15) is 0 Å². The van der Waals surface area contributed by atoms with E-state index < -0.39 is 0 Å². The average molecular weight is 189 g/mol. The van der Waals surface area contributed by atoms with Crippen LogP contribution in [0.25, 0.3) is 0 Å². The lowest BCUT2D eigenvalue weighted by molar-refractivity contribution is 0.0817. The molecule has 80 valence electrons. The van der Waals surface area contributed by atoms with E-state index in [2.05, 4.69) is 6.92 Å². The molecule has 0 atom stereocenters. The van der Waals surface area contributed by atoms with Crippen LogP contribution < -0.4 is 5.73 Å². The number of nitrogens with two attached hydrogens (primary N) is 1. The summed E-state index contributed by atoms with van der Waals surface area (Å²) in [5.74, 6) is 0. The Hall–Kier alpha value is -0.120. The van der Waals surface area contributed by atoms with Crippen LogP contribution in [-0.2, 0) is 9.47 Å². The van der Waals surface area contributed by atoms with E-state index >= 15 is 0 Å². The first kappa shape index (κ1) is 12.9. The SMILES string of the molecule is CCCOCCCOCCCCN. The molecular formula is C10H23NO2. The standard InChI is InChI=1S/C10H23NO2/c1-2-7-12-9-5-10-13-8-4-3-6-11/h2-11H2,1H3. The highest BCUT2D eigenvalue weighted by atomic mass is 16.5. The fourth-order valence-electron chi connectivity index (χ4n) is 0.960. The molecule has 0 spiro atoms. The summed E-state index contributed by atoms with van der Waals surface area (Å²) in [6.45, 7) is 6.23. The zero-order valence-corrected chi connectivity index (χ0v) is 8.76. The van der Waals surface area contributed by atoms with Crippen LogP contribution in [0.2, 0.25) is 0 Å². The summed E-state index contributed by atoms with van der Waals surface area (Å²) in [6, 6.07) is 0. The van der Waals surface area contributed by atoms with Crippen LogP contribution in [-0.4, -0.2) is 33.0 Å². The highest BCUT2D eigenvalue weighted by Crippen LogP contribution is 1.90. The summed E-state index contributed by atoms with van der Waals surface area (Å²) in [6.07, 6.45) is 4.23. The van der Waals surface area contributed by atoms with Gasteiger partial charge in [-0.3, -0.25) is 0 Å². The van der Waals surface area contributed by atoms with Crippen LogP contribution in [0, 0.1) is 0 Å². The van der Waals surface area contributed by atoms with Gasteiger partial charge in [-0.1, -0.05) is 6.92 Å². The second-order valence-electron chi connectivity index (χ2n) is 3.07. The Morgan fingerprint density at radius 3 is 2.08 bits per heavy atom. The second kappa shape index (κ2) is 11.9. The van der Waals surface area contributed by atoms with Crippen molar-refractivity contribution in [1.29, 1.82) is 0 Å². The van der Waals surface area contributed by atoms with E-state index in [9.17, 15) is 0 Å². The van der Waals surface area contributed by atoms with Crippen molar-refractivity contribution in [2.75, 3.05) is 33.0 Å². The molecule has 0 aromatic carbocycles. The first-order chi connectivity index (χ1) is 6.41. The van der Waals surface area contributed by atoms with Crippen molar-refractivity contribution in [3.63, 3.8) is 0 Å². The minimum atomic E-state index is 0.767. The first-order valence-electron chi connectivity index (χ1n) is 5.27. The van der Waals surface area contributed by atoms with E-state index in [0.29, 0.717) is 0 Å². The Labute approximate surface area is 81.6 Å². The molecule has 0 aromatic rings. The predicted octanol–water partition coefficient (Wildman–Crippen LogP) is 1.56. The molecular weight excluding hydrogens is 166 g/mol. The molecule has 0 saturated carbocycles. The minimum Gasteiger partial charge on any atom is -0.381 e. The van der Waals surface area contributed by atoms with Crippen molar-refractivity contribution in [1.82, 2.24) is 0 Å².